The first kappa shape index (κ1) is 19.5. The Morgan fingerprint density at radius 1 is 1.26 bits per heavy atom. The van der Waals surface area contributed by atoms with E-state index >= 15 is 0 Å². The zero-order chi connectivity index (χ0) is 18.3. The Hall–Kier alpha value is -2.29. The monoisotopic (exact) mass is 392 g/mol. The van der Waals surface area contributed by atoms with E-state index in [1.54, 1.807) is 16.8 Å². The molecule has 1 unspecified atom stereocenters. The molecule has 9 heteroatoms. The molecular weight excluding hydrogens is 371 g/mol. The van der Waals surface area contributed by atoms with Crippen molar-refractivity contribution in [1.82, 2.24) is 30.1 Å². The van der Waals surface area contributed by atoms with Crippen molar-refractivity contribution in [1.29, 1.82) is 0 Å². The van der Waals surface area contributed by atoms with Crippen LogP contribution in [-0.2, 0) is 0 Å². The molecule has 3 heterocycles. The number of aryl methyl sites for hydroxylation is 2. The molecule has 1 saturated heterocycles. The van der Waals surface area contributed by atoms with Gasteiger partial charge in [-0.25, -0.2) is 9.07 Å². The normalized spacial score (nSPS) is 17.7. The molecule has 4 rings (SSSR count). The minimum absolute atomic E-state index is 0. The molecule has 1 atom stereocenters. The molecule has 0 bridgehead atoms. The number of hydrogen-bond acceptors (Lipinski definition) is 6. The van der Waals surface area contributed by atoms with Gasteiger partial charge in [-0.1, -0.05) is 5.16 Å². The highest BCUT2D eigenvalue weighted by Crippen LogP contribution is 2.25. The quantitative estimate of drug-likeness (QED) is 0.738. The molecule has 3 aromatic rings. The number of piperazine rings is 1. The molecule has 0 saturated carbocycles. The molecule has 27 heavy (non-hydrogen) atoms. The van der Waals surface area contributed by atoms with Gasteiger partial charge in [-0.3, -0.25) is 4.90 Å². The van der Waals surface area contributed by atoms with E-state index in [0.29, 0.717) is 23.0 Å². The summed E-state index contributed by atoms with van der Waals surface area (Å²) in [6.07, 6.45) is 0. The van der Waals surface area contributed by atoms with E-state index in [1.165, 1.54) is 6.07 Å². The molecule has 2 aromatic heterocycles. The van der Waals surface area contributed by atoms with E-state index < -0.39 is 0 Å². The molecule has 7 nitrogen and oxygen atoms in total. The number of rotatable bonds is 3. The van der Waals surface area contributed by atoms with Crippen molar-refractivity contribution >= 4 is 12.4 Å². The van der Waals surface area contributed by atoms with Crippen LogP contribution in [0.2, 0.25) is 0 Å². The average Bonchev–Trinajstić information content (AvgIpc) is 3.22. The van der Waals surface area contributed by atoms with Crippen molar-refractivity contribution in [2.45, 2.75) is 19.9 Å². The van der Waals surface area contributed by atoms with Gasteiger partial charge in [-0.2, -0.15) is 10.1 Å². The molecule has 1 fully saturated rings. The Kier molecular flexibility index (Phi) is 5.59. The van der Waals surface area contributed by atoms with Crippen molar-refractivity contribution < 1.29 is 8.91 Å². The Bertz CT molecular complexity index is 940. The number of nitrogens with zero attached hydrogens (tertiary/aromatic N) is 5. The van der Waals surface area contributed by atoms with Crippen molar-refractivity contribution in [3.05, 3.63) is 47.3 Å². The molecule has 1 aliphatic rings. The van der Waals surface area contributed by atoms with E-state index in [2.05, 4.69) is 25.5 Å². The summed E-state index contributed by atoms with van der Waals surface area (Å²) in [6.45, 7) is 6.40. The van der Waals surface area contributed by atoms with Crippen LogP contribution in [0.4, 0.5) is 4.39 Å². The lowest BCUT2D eigenvalue weighted by Gasteiger charge is -2.30. The molecule has 1 N–H and O–H groups in total. The Morgan fingerprint density at radius 3 is 2.74 bits per heavy atom. The van der Waals surface area contributed by atoms with Crippen LogP contribution < -0.4 is 5.32 Å². The van der Waals surface area contributed by atoms with E-state index in [0.717, 1.165) is 31.0 Å². The van der Waals surface area contributed by atoms with Crippen molar-refractivity contribution in [2.75, 3.05) is 26.7 Å². The molecule has 1 aromatic carbocycles. The van der Waals surface area contributed by atoms with Crippen molar-refractivity contribution in [2.24, 2.45) is 0 Å². The van der Waals surface area contributed by atoms with E-state index in [1.807, 2.05) is 27.0 Å². The maximum absolute atomic E-state index is 14.7. The first-order valence-electron chi connectivity index (χ1n) is 8.61. The predicted molar refractivity (Wildman–Crippen MR) is 102 cm³/mol. The highest BCUT2D eigenvalue weighted by atomic mass is 35.5. The van der Waals surface area contributed by atoms with E-state index in [9.17, 15) is 4.39 Å². The minimum atomic E-state index is -0.384. The summed E-state index contributed by atoms with van der Waals surface area (Å²) in [5, 5.41) is 11.7. The summed E-state index contributed by atoms with van der Waals surface area (Å²) in [4.78, 5) is 6.65. The second-order valence-corrected chi connectivity index (χ2v) is 6.66. The predicted octanol–water partition coefficient (Wildman–Crippen LogP) is 2.68. The second-order valence-electron chi connectivity index (χ2n) is 6.66. The standard InChI is InChI=1S/C18H21FN6O.ClH/c1-11-8-12(2)25(22-11)15-5-4-13(9-14(15)19)18-21-17(23-26-18)16-10-20-6-7-24(16)3;/h4-5,8-9,16,20H,6-7,10H2,1-3H3;1H. The molecule has 0 amide bonds. The highest BCUT2D eigenvalue weighted by molar-refractivity contribution is 5.85. The van der Waals surface area contributed by atoms with Gasteiger partial charge in [0.2, 0.25) is 0 Å². The van der Waals surface area contributed by atoms with Crippen molar-refractivity contribution in [3.63, 3.8) is 0 Å². The molecule has 0 aliphatic carbocycles. The summed E-state index contributed by atoms with van der Waals surface area (Å²) < 4.78 is 21.6. The second kappa shape index (κ2) is 7.75. The van der Waals surface area contributed by atoms with Crippen LogP contribution in [0.3, 0.4) is 0 Å². The van der Waals surface area contributed by atoms with Gasteiger partial charge < -0.3 is 9.84 Å². The fourth-order valence-electron chi connectivity index (χ4n) is 3.27. The van der Waals surface area contributed by atoms with Crippen LogP contribution in [0.1, 0.15) is 23.3 Å². The van der Waals surface area contributed by atoms with E-state index in [-0.39, 0.29) is 24.3 Å². The number of halogens is 2. The van der Waals surface area contributed by atoms with Gasteiger partial charge in [0.25, 0.3) is 5.89 Å². The van der Waals surface area contributed by atoms with Crippen LogP contribution in [0.5, 0.6) is 0 Å². The number of aromatic nitrogens is 4. The van der Waals surface area contributed by atoms with Gasteiger partial charge in [0, 0.05) is 30.9 Å². The summed E-state index contributed by atoms with van der Waals surface area (Å²) >= 11 is 0. The van der Waals surface area contributed by atoms with Gasteiger partial charge in [-0.15, -0.1) is 12.4 Å². The largest absolute Gasteiger partial charge is 0.334 e. The SMILES string of the molecule is Cc1cc(C)n(-c2ccc(-c3nc(C4CNCCN4C)no3)cc2F)n1.Cl. The summed E-state index contributed by atoms with van der Waals surface area (Å²) in [6, 6.07) is 6.83. The van der Waals surface area contributed by atoms with Crippen LogP contribution in [-0.4, -0.2) is 51.5 Å². The molecular formula is C18H22ClFN6O. The lowest BCUT2D eigenvalue weighted by molar-refractivity contribution is 0.190. The van der Waals surface area contributed by atoms with Gasteiger partial charge >= 0.3 is 0 Å². The Labute approximate surface area is 163 Å². The van der Waals surface area contributed by atoms with Crippen LogP contribution in [0.25, 0.3) is 17.1 Å². The zero-order valence-corrected chi connectivity index (χ0v) is 16.3. The van der Waals surface area contributed by atoms with Crippen LogP contribution in [0.15, 0.2) is 28.8 Å². The molecule has 144 valence electrons. The van der Waals surface area contributed by atoms with Gasteiger partial charge in [-0.05, 0) is 45.2 Å². The highest BCUT2D eigenvalue weighted by Gasteiger charge is 2.25. The summed E-state index contributed by atoms with van der Waals surface area (Å²) in [5.74, 6) is 0.542. The third-order valence-electron chi connectivity index (χ3n) is 4.68. The van der Waals surface area contributed by atoms with Crippen molar-refractivity contribution in [3.8, 4) is 17.1 Å². The smallest absolute Gasteiger partial charge is 0.258 e. The summed E-state index contributed by atoms with van der Waals surface area (Å²) in [7, 11) is 2.03. The third kappa shape index (κ3) is 3.73. The molecule has 1 aliphatic heterocycles. The van der Waals surface area contributed by atoms with Crippen LogP contribution in [0, 0.1) is 19.7 Å². The van der Waals surface area contributed by atoms with Crippen LogP contribution >= 0.6 is 12.4 Å². The number of benzene rings is 1. The number of likely N-dealkylation sites (N-methyl/N-ethyl adjacent to an activating group) is 1. The van der Waals surface area contributed by atoms with Gasteiger partial charge in [0.1, 0.15) is 11.5 Å². The Morgan fingerprint density at radius 2 is 2.07 bits per heavy atom. The van der Waals surface area contributed by atoms with Gasteiger partial charge in [0.15, 0.2) is 5.82 Å². The fourth-order valence-corrected chi connectivity index (χ4v) is 3.27. The van der Waals surface area contributed by atoms with Gasteiger partial charge in [0.05, 0.1) is 11.7 Å². The van der Waals surface area contributed by atoms with E-state index in [4.69, 9.17) is 4.52 Å². The molecule has 0 spiro atoms. The third-order valence-corrected chi connectivity index (χ3v) is 4.68. The Balaban J connectivity index is 0.00000210. The first-order chi connectivity index (χ1) is 12.5. The minimum Gasteiger partial charge on any atom is -0.334 e. The average molecular weight is 393 g/mol. The number of nitrogens with one attached hydrogen (secondary N) is 1. The maximum atomic E-state index is 14.7. The molecule has 0 radical (unpaired) electrons. The topological polar surface area (TPSA) is 72.0 Å². The first-order valence-corrected chi connectivity index (χ1v) is 8.61. The summed E-state index contributed by atoms with van der Waals surface area (Å²) in [5.41, 5.74) is 2.67. The lowest BCUT2D eigenvalue weighted by atomic mass is 10.2. The fraction of sp³-hybridized carbons (Fsp3) is 0.389. The lowest BCUT2D eigenvalue weighted by Crippen LogP contribution is -2.44. The zero-order valence-electron chi connectivity index (χ0n) is 15.4. The maximum Gasteiger partial charge on any atom is 0.258 e. The number of hydrogen-bond donors (Lipinski definition) is 1.